The first-order chi connectivity index (χ1) is 11.8. The molecular weight excluding hydrogens is 294 g/mol. The first-order valence-corrected chi connectivity index (χ1v) is 9.34. The van der Waals surface area contributed by atoms with Crippen LogP contribution < -0.4 is 5.32 Å². The second-order valence-electron chi connectivity index (χ2n) is 6.47. The van der Waals surface area contributed by atoms with Crippen LogP contribution in [0.2, 0.25) is 0 Å². The van der Waals surface area contributed by atoms with Crippen LogP contribution in [-0.4, -0.2) is 11.7 Å². The quantitative estimate of drug-likeness (QED) is 0.541. The molecule has 0 aliphatic rings. The van der Waals surface area contributed by atoms with E-state index in [2.05, 4.69) is 24.4 Å². The zero-order chi connectivity index (χ0) is 17.0. The summed E-state index contributed by atoms with van der Waals surface area (Å²) in [5.74, 6) is 0. The third kappa shape index (κ3) is 6.10. The van der Waals surface area contributed by atoms with Crippen molar-refractivity contribution in [3.63, 3.8) is 0 Å². The number of benzene rings is 2. The van der Waals surface area contributed by atoms with Crippen molar-refractivity contribution in [3.05, 3.63) is 71.8 Å². The topological polar surface area (TPSA) is 32.3 Å². The minimum absolute atomic E-state index is 0.0655. The second kappa shape index (κ2) is 11.0. The molecule has 0 aromatic heterocycles. The second-order valence-corrected chi connectivity index (χ2v) is 6.47. The Morgan fingerprint density at radius 1 is 0.750 bits per heavy atom. The van der Waals surface area contributed by atoms with Crippen LogP contribution in [0.5, 0.6) is 0 Å². The molecule has 2 heteroatoms. The maximum absolute atomic E-state index is 10.8. The van der Waals surface area contributed by atoms with Gasteiger partial charge in [0.2, 0.25) is 0 Å². The van der Waals surface area contributed by atoms with E-state index in [-0.39, 0.29) is 6.04 Å². The summed E-state index contributed by atoms with van der Waals surface area (Å²) in [5.41, 5.74) is 2.10. The monoisotopic (exact) mass is 325 g/mol. The first kappa shape index (κ1) is 18.7. The number of nitrogens with one attached hydrogen (secondary N) is 1. The van der Waals surface area contributed by atoms with Crippen LogP contribution >= 0.6 is 0 Å². The average molecular weight is 325 g/mol. The van der Waals surface area contributed by atoms with E-state index in [1.54, 1.807) is 0 Å². The Labute approximate surface area is 146 Å². The molecule has 0 aliphatic heterocycles. The fourth-order valence-electron chi connectivity index (χ4n) is 3.08. The third-order valence-electron chi connectivity index (χ3n) is 4.51. The SMILES string of the molecule is CCCCCCCCN[C@H](c1ccccc1)[C@@H](O)c1ccccc1. The van der Waals surface area contributed by atoms with Crippen molar-refractivity contribution in [1.29, 1.82) is 0 Å². The van der Waals surface area contributed by atoms with Crippen molar-refractivity contribution in [3.8, 4) is 0 Å². The molecule has 0 aliphatic carbocycles. The van der Waals surface area contributed by atoms with Crippen molar-refractivity contribution < 1.29 is 5.11 Å². The summed E-state index contributed by atoms with van der Waals surface area (Å²) < 4.78 is 0. The van der Waals surface area contributed by atoms with Crippen molar-refractivity contribution in [2.45, 2.75) is 57.6 Å². The normalized spacial score (nSPS) is 13.6. The van der Waals surface area contributed by atoms with E-state index in [0.29, 0.717) is 0 Å². The Morgan fingerprint density at radius 3 is 1.92 bits per heavy atom. The lowest BCUT2D eigenvalue weighted by molar-refractivity contribution is 0.128. The Bertz CT molecular complexity index is 540. The highest BCUT2D eigenvalue weighted by Gasteiger charge is 2.21. The molecule has 0 spiro atoms. The van der Waals surface area contributed by atoms with E-state index in [4.69, 9.17) is 0 Å². The summed E-state index contributed by atoms with van der Waals surface area (Å²) in [7, 11) is 0. The Kier molecular flexibility index (Phi) is 8.58. The van der Waals surface area contributed by atoms with E-state index in [1.807, 2.05) is 48.5 Å². The van der Waals surface area contributed by atoms with Gasteiger partial charge in [-0.25, -0.2) is 0 Å². The summed E-state index contributed by atoms with van der Waals surface area (Å²) in [6.45, 7) is 3.19. The molecule has 2 aromatic carbocycles. The predicted octanol–water partition coefficient (Wildman–Crippen LogP) is 5.41. The number of aliphatic hydroxyl groups excluding tert-OH is 1. The molecule has 0 saturated carbocycles. The lowest BCUT2D eigenvalue weighted by Gasteiger charge is -2.25. The van der Waals surface area contributed by atoms with Gasteiger partial charge in [0.25, 0.3) is 0 Å². The molecule has 0 saturated heterocycles. The molecule has 0 fully saturated rings. The number of aliphatic hydroxyl groups is 1. The van der Waals surface area contributed by atoms with Crippen molar-refractivity contribution in [1.82, 2.24) is 5.32 Å². The highest BCUT2D eigenvalue weighted by Crippen LogP contribution is 2.28. The zero-order valence-electron chi connectivity index (χ0n) is 14.8. The van der Waals surface area contributed by atoms with E-state index in [1.165, 1.54) is 32.1 Å². The van der Waals surface area contributed by atoms with E-state index in [9.17, 15) is 5.11 Å². The van der Waals surface area contributed by atoms with Crippen LogP contribution in [0.15, 0.2) is 60.7 Å². The van der Waals surface area contributed by atoms with Gasteiger partial charge in [0.15, 0.2) is 0 Å². The van der Waals surface area contributed by atoms with Gasteiger partial charge in [-0.3, -0.25) is 0 Å². The van der Waals surface area contributed by atoms with E-state index in [0.717, 1.165) is 24.1 Å². The van der Waals surface area contributed by atoms with Crippen molar-refractivity contribution in [2.24, 2.45) is 0 Å². The van der Waals surface area contributed by atoms with Crippen LogP contribution in [0.1, 0.15) is 68.7 Å². The van der Waals surface area contributed by atoms with Gasteiger partial charge in [-0.05, 0) is 24.1 Å². The van der Waals surface area contributed by atoms with Gasteiger partial charge in [-0.15, -0.1) is 0 Å². The van der Waals surface area contributed by atoms with Crippen LogP contribution in [0.3, 0.4) is 0 Å². The minimum atomic E-state index is -0.534. The molecular formula is C22H31NO. The molecule has 2 N–H and O–H groups in total. The molecule has 0 amide bonds. The standard InChI is InChI=1S/C22H31NO/c1-2-3-4-5-6-13-18-23-21(19-14-9-7-10-15-19)22(24)20-16-11-8-12-17-20/h7-12,14-17,21-24H,2-6,13,18H2,1H3/t21-,22+/m1/s1. The summed E-state index contributed by atoms with van der Waals surface area (Å²) in [5, 5.41) is 14.4. The van der Waals surface area contributed by atoms with Gasteiger partial charge in [0.05, 0.1) is 12.1 Å². The fraction of sp³-hybridized carbons (Fsp3) is 0.455. The maximum Gasteiger partial charge on any atom is 0.0984 e. The molecule has 2 rings (SSSR count). The number of hydrogen-bond acceptors (Lipinski definition) is 2. The molecule has 0 radical (unpaired) electrons. The molecule has 130 valence electrons. The highest BCUT2D eigenvalue weighted by atomic mass is 16.3. The van der Waals surface area contributed by atoms with Crippen molar-refractivity contribution >= 4 is 0 Å². The maximum atomic E-state index is 10.8. The zero-order valence-corrected chi connectivity index (χ0v) is 14.8. The summed E-state index contributed by atoms with van der Waals surface area (Å²) in [4.78, 5) is 0. The number of unbranched alkanes of at least 4 members (excludes halogenated alkanes) is 5. The lowest BCUT2D eigenvalue weighted by atomic mass is 9.95. The van der Waals surface area contributed by atoms with Crippen LogP contribution in [0, 0.1) is 0 Å². The molecule has 24 heavy (non-hydrogen) atoms. The van der Waals surface area contributed by atoms with E-state index < -0.39 is 6.10 Å². The first-order valence-electron chi connectivity index (χ1n) is 9.34. The van der Waals surface area contributed by atoms with Gasteiger partial charge in [-0.1, -0.05) is 99.7 Å². The Balaban J connectivity index is 1.92. The van der Waals surface area contributed by atoms with Gasteiger partial charge in [-0.2, -0.15) is 0 Å². The van der Waals surface area contributed by atoms with Gasteiger partial charge in [0.1, 0.15) is 0 Å². The van der Waals surface area contributed by atoms with E-state index >= 15 is 0 Å². The molecule has 2 atom stereocenters. The smallest absolute Gasteiger partial charge is 0.0984 e. The van der Waals surface area contributed by atoms with Crippen LogP contribution in [-0.2, 0) is 0 Å². The lowest BCUT2D eigenvalue weighted by Crippen LogP contribution is -2.28. The fourth-order valence-corrected chi connectivity index (χ4v) is 3.08. The summed E-state index contributed by atoms with van der Waals surface area (Å²) in [6.07, 6.45) is 7.17. The van der Waals surface area contributed by atoms with Crippen molar-refractivity contribution in [2.75, 3.05) is 6.54 Å². The largest absolute Gasteiger partial charge is 0.386 e. The molecule has 2 aromatic rings. The van der Waals surface area contributed by atoms with Gasteiger partial charge < -0.3 is 10.4 Å². The summed E-state index contributed by atoms with van der Waals surface area (Å²) in [6, 6.07) is 20.1. The Morgan fingerprint density at radius 2 is 1.29 bits per heavy atom. The third-order valence-corrected chi connectivity index (χ3v) is 4.51. The summed E-state index contributed by atoms with van der Waals surface area (Å²) >= 11 is 0. The molecule has 2 nitrogen and oxygen atoms in total. The van der Waals surface area contributed by atoms with Gasteiger partial charge >= 0.3 is 0 Å². The average Bonchev–Trinajstić information content (AvgIpc) is 2.65. The number of hydrogen-bond donors (Lipinski definition) is 2. The molecule has 0 bridgehead atoms. The molecule has 0 heterocycles. The molecule has 0 unspecified atom stereocenters. The minimum Gasteiger partial charge on any atom is -0.386 e. The number of rotatable bonds is 11. The van der Waals surface area contributed by atoms with Crippen LogP contribution in [0.25, 0.3) is 0 Å². The van der Waals surface area contributed by atoms with Gasteiger partial charge in [0, 0.05) is 0 Å². The van der Waals surface area contributed by atoms with Crippen LogP contribution in [0.4, 0.5) is 0 Å². The predicted molar refractivity (Wildman–Crippen MR) is 102 cm³/mol. The highest BCUT2D eigenvalue weighted by molar-refractivity contribution is 5.26. The Hall–Kier alpha value is -1.64.